The Balaban J connectivity index is 1.59. The molecule has 2 heterocycles. The van der Waals surface area contributed by atoms with Crippen LogP contribution in [0.25, 0.3) is 0 Å². The molecule has 0 aromatic rings. The average molecular weight is 282 g/mol. The normalized spacial score (nSPS) is 33.2. The minimum absolute atomic E-state index is 0.0397. The molecular weight excluding hydrogens is 256 g/mol. The van der Waals surface area contributed by atoms with E-state index in [9.17, 15) is 9.90 Å². The van der Waals surface area contributed by atoms with Gasteiger partial charge in [-0.2, -0.15) is 0 Å². The highest BCUT2D eigenvalue weighted by Gasteiger charge is 2.44. The minimum atomic E-state index is -1.17. The van der Waals surface area contributed by atoms with E-state index in [1.54, 1.807) is 0 Å². The lowest BCUT2D eigenvalue weighted by molar-refractivity contribution is -0.162. The number of carbonyl (C=O) groups excluding carboxylic acids is 1. The van der Waals surface area contributed by atoms with E-state index in [4.69, 9.17) is 4.74 Å². The van der Waals surface area contributed by atoms with E-state index in [2.05, 4.69) is 4.90 Å². The third-order valence-corrected chi connectivity index (χ3v) is 5.00. The quantitative estimate of drug-likeness (QED) is 0.814. The Labute approximate surface area is 120 Å². The van der Waals surface area contributed by atoms with Gasteiger partial charge in [-0.05, 0) is 31.6 Å². The molecule has 3 fully saturated rings. The Morgan fingerprint density at radius 2 is 1.95 bits per heavy atom. The zero-order valence-electron chi connectivity index (χ0n) is 12.2. The van der Waals surface area contributed by atoms with Gasteiger partial charge < -0.3 is 14.7 Å². The molecule has 1 saturated carbocycles. The SMILES string of the molecule is O=C1N(CC2CCC2)CCCC1(O)CN1CCOCC1. The third-order valence-electron chi connectivity index (χ3n) is 5.00. The molecule has 1 amide bonds. The van der Waals surface area contributed by atoms with Crippen molar-refractivity contribution in [2.45, 2.75) is 37.7 Å². The largest absolute Gasteiger partial charge is 0.379 e. The fourth-order valence-electron chi connectivity index (χ4n) is 3.50. The van der Waals surface area contributed by atoms with Gasteiger partial charge in [-0.25, -0.2) is 0 Å². The second kappa shape index (κ2) is 6.00. The molecule has 2 aliphatic heterocycles. The van der Waals surface area contributed by atoms with E-state index in [-0.39, 0.29) is 5.91 Å². The molecule has 1 N–H and O–H groups in total. The van der Waals surface area contributed by atoms with Crippen molar-refractivity contribution in [3.63, 3.8) is 0 Å². The van der Waals surface area contributed by atoms with Crippen molar-refractivity contribution >= 4 is 5.91 Å². The van der Waals surface area contributed by atoms with Gasteiger partial charge in [0.15, 0.2) is 5.60 Å². The summed E-state index contributed by atoms with van der Waals surface area (Å²) in [5, 5.41) is 10.8. The highest BCUT2D eigenvalue weighted by atomic mass is 16.5. The van der Waals surface area contributed by atoms with Crippen molar-refractivity contribution in [2.24, 2.45) is 5.92 Å². The molecule has 0 spiro atoms. The van der Waals surface area contributed by atoms with Gasteiger partial charge in [-0.15, -0.1) is 0 Å². The van der Waals surface area contributed by atoms with Crippen LogP contribution in [0.2, 0.25) is 0 Å². The number of hydrogen-bond donors (Lipinski definition) is 1. The van der Waals surface area contributed by atoms with Crippen LogP contribution < -0.4 is 0 Å². The number of hydrogen-bond acceptors (Lipinski definition) is 4. The number of ether oxygens (including phenoxy) is 1. The van der Waals surface area contributed by atoms with Crippen molar-refractivity contribution in [1.82, 2.24) is 9.80 Å². The summed E-state index contributed by atoms with van der Waals surface area (Å²) in [7, 11) is 0. The second-order valence-corrected chi connectivity index (χ2v) is 6.57. The minimum Gasteiger partial charge on any atom is -0.379 e. The van der Waals surface area contributed by atoms with Gasteiger partial charge in [-0.1, -0.05) is 6.42 Å². The molecule has 2 saturated heterocycles. The smallest absolute Gasteiger partial charge is 0.255 e. The summed E-state index contributed by atoms with van der Waals surface area (Å²) in [4.78, 5) is 16.7. The summed E-state index contributed by atoms with van der Waals surface area (Å²) < 4.78 is 5.33. The summed E-state index contributed by atoms with van der Waals surface area (Å²) >= 11 is 0. The summed E-state index contributed by atoms with van der Waals surface area (Å²) in [6.07, 6.45) is 5.30. The Bertz CT molecular complexity index is 353. The molecular formula is C15H26N2O3. The molecule has 1 atom stereocenters. The molecule has 3 rings (SSSR count). The summed E-state index contributed by atoms with van der Waals surface area (Å²) in [5.41, 5.74) is -1.17. The van der Waals surface area contributed by atoms with E-state index < -0.39 is 5.60 Å². The van der Waals surface area contributed by atoms with Gasteiger partial charge in [0.2, 0.25) is 0 Å². The van der Waals surface area contributed by atoms with Crippen molar-refractivity contribution in [3.8, 4) is 0 Å². The Hall–Kier alpha value is -0.650. The van der Waals surface area contributed by atoms with Crippen LogP contribution in [0.4, 0.5) is 0 Å². The van der Waals surface area contributed by atoms with Crippen molar-refractivity contribution in [2.75, 3.05) is 45.9 Å². The average Bonchev–Trinajstić information content (AvgIpc) is 2.40. The van der Waals surface area contributed by atoms with Crippen molar-refractivity contribution in [1.29, 1.82) is 0 Å². The number of aliphatic hydroxyl groups is 1. The molecule has 5 nitrogen and oxygen atoms in total. The topological polar surface area (TPSA) is 53.0 Å². The zero-order valence-corrected chi connectivity index (χ0v) is 12.2. The number of morpholine rings is 1. The van der Waals surface area contributed by atoms with Crippen LogP contribution in [0, 0.1) is 5.92 Å². The lowest BCUT2D eigenvalue weighted by Gasteiger charge is -2.43. The molecule has 1 unspecified atom stereocenters. The molecule has 0 bridgehead atoms. The first-order chi connectivity index (χ1) is 9.67. The Kier molecular flexibility index (Phi) is 4.29. The van der Waals surface area contributed by atoms with Crippen LogP contribution in [0.15, 0.2) is 0 Å². The van der Waals surface area contributed by atoms with Gasteiger partial charge >= 0.3 is 0 Å². The maximum Gasteiger partial charge on any atom is 0.255 e. The second-order valence-electron chi connectivity index (χ2n) is 6.57. The highest BCUT2D eigenvalue weighted by Crippen LogP contribution is 2.30. The predicted octanol–water partition coefficient (Wildman–Crippen LogP) is 0.472. The lowest BCUT2D eigenvalue weighted by Crippen LogP contribution is -2.60. The van der Waals surface area contributed by atoms with Crippen LogP contribution in [-0.4, -0.2) is 72.4 Å². The molecule has 1 aliphatic carbocycles. The number of piperidine rings is 1. The molecule has 0 aromatic heterocycles. The van der Waals surface area contributed by atoms with Crippen LogP contribution in [0.5, 0.6) is 0 Å². The number of nitrogens with zero attached hydrogens (tertiary/aromatic N) is 2. The van der Waals surface area contributed by atoms with Crippen LogP contribution in [0.1, 0.15) is 32.1 Å². The summed E-state index contributed by atoms with van der Waals surface area (Å²) in [5.74, 6) is 0.631. The summed E-state index contributed by atoms with van der Waals surface area (Å²) in [6, 6.07) is 0. The first-order valence-corrected chi connectivity index (χ1v) is 7.99. The van der Waals surface area contributed by atoms with E-state index in [0.717, 1.165) is 32.6 Å². The molecule has 3 aliphatic rings. The standard InChI is InChI=1S/C15H26N2O3/c18-14-15(19,12-16-7-9-20-10-8-16)5-2-6-17(14)11-13-3-1-4-13/h13,19H,1-12H2. The van der Waals surface area contributed by atoms with E-state index in [1.807, 2.05) is 4.90 Å². The molecule has 0 radical (unpaired) electrons. The number of rotatable bonds is 4. The van der Waals surface area contributed by atoms with Gasteiger partial charge in [0.25, 0.3) is 5.91 Å². The van der Waals surface area contributed by atoms with E-state index >= 15 is 0 Å². The van der Waals surface area contributed by atoms with Gasteiger partial charge in [0, 0.05) is 32.7 Å². The number of carbonyl (C=O) groups is 1. The van der Waals surface area contributed by atoms with Crippen LogP contribution >= 0.6 is 0 Å². The van der Waals surface area contributed by atoms with Crippen LogP contribution in [0.3, 0.4) is 0 Å². The fourth-order valence-corrected chi connectivity index (χ4v) is 3.50. The number of amides is 1. The molecule has 20 heavy (non-hydrogen) atoms. The number of β-amino-alcohol motifs (C(OH)–C–C–N with tert-alkyl or cyclic N) is 1. The molecule has 0 aromatic carbocycles. The highest BCUT2D eigenvalue weighted by molar-refractivity contribution is 5.86. The molecule has 5 heteroatoms. The van der Waals surface area contributed by atoms with Gasteiger partial charge in [-0.3, -0.25) is 9.69 Å². The predicted molar refractivity (Wildman–Crippen MR) is 75.4 cm³/mol. The maximum absolute atomic E-state index is 12.6. The van der Waals surface area contributed by atoms with Crippen molar-refractivity contribution < 1.29 is 14.6 Å². The Morgan fingerprint density at radius 1 is 1.20 bits per heavy atom. The van der Waals surface area contributed by atoms with Gasteiger partial charge in [0.1, 0.15) is 0 Å². The first-order valence-electron chi connectivity index (χ1n) is 7.99. The molecule has 114 valence electrons. The van der Waals surface area contributed by atoms with Crippen LogP contribution in [-0.2, 0) is 9.53 Å². The third kappa shape index (κ3) is 3.00. The van der Waals surface area contributed by atoms with E-state index in [0.29, 0.717) is 32.1 Å². The summed E-state index contributed by atoms with van der Waals surface area (Å²) in [6.45, 7) is 5.18. The van der Waals surface area contributed by atoms with Crippen molar-refractivity contribution in [3.05, 3.63) is 0 Å². The maximum atomic E-state index is 12.6. The number of likely N-dealkylation sites (tertiary alicyclic amines) is 1. The van der Waals surface area contributed by atoms with E-state index in [1.165, 1.54) is 19.3 Å². The lowest BCUT2D eigenvalue weighted by atomic mass is 9.83. The monoisotopic (exact) mass is 282 g/mol. The Morgan fingerprint density at radius 3 is 2.60 bits per heavy atom. The zero-order chi connectivity index (χ0) is 14.0. The van der Waals surface area contributed by atoms with Gasteiger partial charge in [0.05, 0.1) is 13.2 Å². The first kappa shape index (κ1) is 14.3. The fraction of sp³-hybridized carbons (Fsp3) is 0.933.